The zero-order chi connectivity index (χ0) is 12.0. The van der Waals surface area contributed by atoms with Crippen LogP contribution in [-0.4, -0.2) is 11.8 Å². The van der Waals surface area contributed by atoms with E-state index >= 15 is 0 Å². The summed E-state index contributed by atoms with van der Waals surface area (Å²) in [6, 6.07) is 8.22. The fourth-order valence-electron chi connectivity index (χ4n) is 1.72. The summed E-state index contributed by atoms with van der Waals surface area (Å²) in [4.78, 5) is 11.8. The minimum atomic E-state index is 0. The second-order valence-corrected chi connectivity index (χ2v) is 4.39. The lowest BCUT2D eigenvalue weighted by Gasteiger charge is -1.96. The van der Waals surface area contributed by atoms with E-state index in [1.807, 2.05) is 12.1 Å². The van der Waals surface area contributed by atoms with E-state index in [0.717, 1.165) is 24.0 Å². The van der Waals surface area contributed by atoms with Gasteiger partial charge in [0.15, 0.2) is 6.29 Å². The van der Waals surface area contributed by atoms with E-state index in [1.54, 1.807) is 11.3 Å². The lowest BCUT2D eigenvalue weighted by Crippen LogP contribution is -2.02. The zero-order valence-corrected chi connectivity index (χ0v) is 10.6. The number of carbonyl (C=O) groups excluding carboxylic acids is 1. The molecule has 1 aromatic heterocycles. The van der Waals surface area contributed by atoms with Crippen molar-refractivity contribution in [1.29, 1.82) is 0 Å². The maximum absolute atomic E-state index is 10.9. The van der Waals surface area contributed by atoms with E-state index in [4.69, 9.17) is 0 Å². The van der Waals surface area contributed by atoms with Gasteiger partial charge in [0.25, 0.3) is 0 Å². The van der Waals surface area contributed by atoms with Crippen LogP contribution in [0, 0.1) is 0 Å². The molecule has 0 fully saturated rings. The van der Waals surface area contributed by atoms with Gasteiger partial charge < -0.3 is 5.48 Å². The molecule has 0 amide bonds. The quantitative estimate of drug-likeness (QED) is 0.495. The highest BCUT2D eigenvalue weighted by atomic mass is 32.1. The van der Waals surface area contributed by atoms with Crippen LogP contribution in [0.15, 0.2) is 24.3 Å². The van der Waals surface area contributed by atoms with Crippen molar-refractivity contribution in [2.24, 2.45) is 11.7 Å². The number of thiophene rings is 1. The van der Waals surface area contributed by atoms with Crippen LogP contribution in [0.25, 0.3) is 10.1 Å². The number of fused-ring (bicyclic) bond motifs is 1. The van der Waals surface area contributed by atoms with Crippen LogP contribution in [0.1, 0.15) is 28.6 Å². The molecule has 0 spiro atoms. The molecule has 1 aromatic carbocycles. The standard InChI is InChI=1S/C12H12OS.H4N2.H2O/c1-2-5-9-10-6-3-4-7-11(10)14-12(9)8-13;1-2;/h3-4,6-8H,2,5H2,1H3;1-2H2;1H2. The predicted octanol–water partition coefficient (Wildman–Crippen LogP) is 1.66. The second-order valence-electron chi connectivity index (χ2n) is 3.31. The van der Waals surface area contributed by atoms with Gasteiger partial charge in [-0.15, -0.1) is 11.3 Å². The van der Waals surface area contributed by atoms with Gasteiger partial charge in [-0.3, -0.25) is 16.5 Å². The molecule has 4 nitrogen and oxygen atoms in total. The number of hydrazine groups is 1. The van der Waals surface area contributed by atoms with Crippen molar-refractivity contribution in [2.75, 3.05) is 0 Å². The summed E-state index contributed by atoms with van der Waals surface area (Å²) < 4.78 is 1.22. The lowest BCUT2D eigenvalue weighted by molar-refractivity contribution is 0.112. The van der Waals surface area contributed by atoms with Crippen molar-refractivity contribution >= 4 is 27.7 Å². The minimum Gasteiger partial charge on any atom is -0.412 e. The van der Waals surface area contributed by atoms with Gasteiger partial charge in [0.1, 0.15) is 0 Å². The van der Waals surface area contributed by atoms with Crippen molar-refractivity contribution in [1.82, 2.24) is 0 Å². The third kappa shape index (κ3) is 3.34. The maximum atomic E-state index is 10.9. The van der Waals surface area contributed by atoms with E-state index in [9.17, 15) is 4.79 Å². The fraction of sp³-hybridized carbons (Fsp3) is 0.250. The Morgan fingerprint density at radius 1 is 1.29 bits per heavy atom. The molecule has 2 rings (SSSR count). The van der Waals surface area contributed by atoms with Gasteiger partial charge in [-0.25, -0.2) is 0 Å². The van der Waals surface area contributed by atoms with Crippen LogP contribution in [0.5, 0.6) is 0 Å². The Kier molecular flexibility index (Phi) is 7.32. The normalized spacial score (nSPS) is 9.12. The molecule has 6 N–H and O–H groups in total. The first-order valence-electron chi connectivity index (χ1n) is 5.15. The highest BCUT2D eigenvalue weighted by Crippen LogP contribution is 2.30. The SMILES string of the molecule is CCCc1c(C=O)sc2ccccc12.NN.O. The Labute approximate surface area is 105 Å². The van der Waals surface area contributed by atoms with Gasteiger partial charge >= 0.3 is 0 Å². The molecule has 0 radical (unpaired) electrons. The summed E-state index contributed by atoms with van der Waals surface area (Å²) >= 11 is 1.60. The Morgan fingerprint density at radius 3 is 2.53 bits per heavy atom. The van der Waals surface area contributed by atoms with Crippen LogP contribution in [0.2, 0.25) is 0 Å². The van der Waals surface area contributed by atoms with E-state index in [2.05, 4.69) is 30.7 Å². The third-order valence-electron chi connectivity index (χ3n) is 2.34. The smallest absolute Gasteiger partial charge is 0.160 e. The topological polar surface area (TPSA) is 101 Å². The average Bonchev–Trinajstić information content (AvgIpc) is 2.71. The van der Waals surface area contributed by atoms with Crippen molar-refractivity contribution in [2.45, 2.75) is 19.8 Å². The maximum Gasteiger partial charge on any atom is 0.160 e. The number of aldehydes is 1. The molecule has 0 saturated heterocycles. The molecule has 17 heavy (non-hydrogen) atoms. The molecule has 0 saturated carbocycles. The van der Waals surface area contributed by atoms with Crippen LogP contribution in [0.3, 0.4) is 0 Å². The third-order valence-corrected chi connectivity index (χ3v) is 3.48. The molecule has 2 aromatic rings. The molecule has 0 aliphatic carbocycles. The van der Waals surface area contributed by atoms with Crippen LogP contribution < -0.4 is 11.7 Å². The van der Waals surface area contributed by atoms with Gasteiger partial charge in [0, 0.05) is 4.70 Å². The van der Waals surface area contributed by atoms with Gasteiger partial charge in [0.2, 0.25) is 0 Å². The Hall–Kier alpha value is -1.27. The predicted molar refractivity (Wildman–Crippen MR) is 73.2 cm³/mol. The van der Waals surface area contributed by atoms with Crippen LogP contribution >= 0.6 is 11.3 Å². The van der Waals surface area contributed by atoms with Gasteiger partial charge in [-0.2, -0.15) is 0 Å². The molecule has 94 valence electrons. The number of hydrogen-bond acceptors (Lipinski definition) is 4. The van der Waals surface area contributed by atoms with E-state index in [0.29, 0.717) is 0 Å². The Morgan fingerprint density at radius 2 is 1.94 bits per heavy atom. The van der Waals surface area contributed by atoms with E-state index in [-0.39, 0.29) is 5.48 Å². The van der Waals surface area contributed by atoms with Gasteiger partial charge in [-0.1, -0.05) is 31.5 Å². The van der Waals surface area contributed by atoms with E-state index in [1.165, 1.54) is 15.6 Å². The first-order chi connectivity index (χ1) is 7.86. The molecule has 5 heteroatoms. The van der Waals surface area contributed by atoms with Crippen LogP contribution in [0.4, 0.5) is 0 Å². The number of aryl methyl sites for hydroxylation is 1. The average molecular weight is 254 g/mol. The summed E-state index contributed by atoms with van der Waals surface area (Å²) in [6.07, 6.45) is 3.06. The Bertz CT molecular complexity index is 468. The number of hydrogen-bond donors (Lipinski definition) is 2. The van der Waals surface area contributed by atoms with Crippen molar-refractivity contribution in [3.8, 4) is 0 Å². The van der Waals surface area contributed by atoms with Crippen LogP contribution in [-0.2, 0) is 6.42 Å². The summed E-state index contributed by atoms with van der Waals surface area (Å²) in [6.45, 7) is 2.14. The molecule has 0 unspecified atom stereocenters. The molecule has 0 atom stereocenters. The molecule has 1 heterocycles. The summed E-state index contributed by atoms with van der Waals surface area (Å²) in [5.74, 6) is 8.00. The van der Waals surface area contributed by atoms with E-state index < -0.39 is 0 Å². The molecular weight excluding hydrogens is 236 g/mol. The van der Waals surface area contributed by atoms with Crippen molar-refractivity contribution < 1.29 is 10.3 Å². The largest absolute Gasteiger partial charge is 0.412 e. The fourth-order valence-corrected chi connectivity index (χ4v) is 2.79. The Balaban J connectivity index is 0.000000811. The van der Waals surface area contributed by atoms with Crippen molar-refractivity contribution in [3.63, 3.8) is 0 Å². The van der Waals surface area contributed by atoms with Gasteiger partial charge in [-0.05, 0) is 23.4 Å². The monoisotopic (exact) mass is 254 g/mol. The highest BCUT2D eigenvalue weighted by molar-refractivity contribution is 7.20. The summed E-state index contributed by atoms with van der Waals surface area (Å²) in [5.41, 5.74) is 1.23. The summed E-state index contributed by atoms with van der Waals surface area (Å²) in [7, 11) is 0. The molecule has 0 aliphatic rings. The highest BCUT2D eigenvalue weighted by Gasteiger charge is 2.09. The minimum absolute atomic E-state index is 0. The van der Waals surface area contributed by atoms with Gasteiger partial charge in [0.05, 0.1) is 4.88 Å². The number of rotatable bonds is 3. The lowest BCUT2D eigenvalue weighted by atomic mass is 10.1. The molecule has 0 aliphatic heterocycles. The number of nitrogens with two attached hydrogens (primary N) is 2. The number of benzene rings is 1. The molecular formula is C12H18N2O2S. The zero-order valence-electron chi connectivity index (χ0n) is 9.77. The number of carbonyl (C=O) groups is 1. The van der Waals surface area contributed by atoms with Crippen molar-refractivity contribution in [3.05, 3.63) is 34.7 Å². The second kappa shape index (κ2) is 7.92. The molecule has 0 bridgehead atoms. The first kappa shape index (κ1) is 15.7. The first-order valence-corrected chi connectivity index (χ1v) is 5.97. The summed E-state index contributed by atoms with van der Waals surface area (Å²) in [5, 5.41) is 1.25.